The molecule has 0 spiro atoms. The number of furan rings is 1. The molecule has 10 heteroatoms. The molecule has 3 unspecified atom stereocenters. The van der Waals surface area contributed by atoms with E-state index in [0.29, 0.717) is 24.3 Å². The number of fused-ring (bicyclic) bond motifs is 1. The highest BCUT2D eigenvalue weighted by Crippen LogP contribution is 2.29. The molecule has 0 bridgehead atoms. The van der Waals surface area contributed by atoms with Gasteiger partial charge >= 0.3 is 0 Å². The van der Waals surface area contributed by atoms with Gasteiger partial charge in [0.25, 0.3) is 0 Å². The van der Waals surface area contributed by atoms with Crippen molar-refractivity contribution >= 4 is 28.7 Å². The number of likely N-dealkylation sites (tertiary alicyclic amines) is 2. The number of pyridine rings is 1. The quantitative estimate of drug-likeness (QED) is 0.399. The van der Waals surface area contributed by atoms with E-state index in [1.165, 1.54) is 0 Å². The van der Waals surface area contributed by atoms with Gasteiger partial charge in [-0.3, -0.25) is 19.4 Å². The van der Waals surface area contributed by atoms with Crippen LogP contribution < -0.4 is 15.8 Å². The number of ether oxygens (including phenoxy) is 1. The first-order chi connectivity index (χ1) is 19.4. The van der Waals surface area contributed by atoms with Crippen LogP contribution in [0.25, 0.3) is 11.0 Å². The van der Waals surface area contributed by atoms with Crippen LogP contribution in [0.2, 0.25) is 0 Å². The first-order valence-electron chi connectivity index (χ1n) is 14.0. The Balaban J connectivity index is 1.24. The number of carbonyl (C=O) groups excluding carboxylic acids is 3. The fourth-order valence-electron chi connectivity index (χ4n) is 5.72. The van der Waals surface area contributed by atoms with Crippen molar-refractivity contribution in [2.24, 2.45) is 11.7 Å². The lowest BCUT2D eigenvalue weighted by Gasteiger charge is -2.27. The predicted molar refractivity (Wildman–Crippen MR) is 149 cm³/mol. The Morgan fingerprint density at radius 1 is 1.18 bits per heavy atom. The summed E-state index contributed by atoms with van der Waals surface area (Å²) < 4.78 is 11.1. The number of benzene rings is 1. The van der Waals surface area contributed by atoms with Gasteiger partial charge in [0.15, 0.2) is 0 Å². The first-order valence-corrected chi connectivity index (χ1v) is 14.0. The van der Waals surface area contributed by atoms with Gasteiger partial charge in [-0.25, -0.2) is 0 Å². The minimum atomic E-state index is -0.843. The molecular formula is C30H37N5O5. The van der Waals surface area contributed by atoms with Gasteiger partial charge in [0, 0.05) is 43.8 Å². The molecule has 2 saturated heterocycles. The van der Waals surface area contributed by atoms with Gasteiger partial charge in [0.2, 0.25) is 17.7 Å². The highest BCUT2D eigenvalue weighted by atomic mass is 16.5. The summed E-state index contributed by atoms with van der Waals surface area (Å²) in [4.78, 5) is 47.0. The first kappa shape index (κ1) is 27.6. The molecule has 2 fully saturated rings. The zero-order valence-corrected chi connectivity index (χ0v) is 22.9. The maximum atomic E-state index is 13.5. The molecule has 2 aromatic heterocycles. The molecule has 40 heavy (non-hydrogen) atoms. The molecule has 0 radical (unpaired) electrons. The van der Waals surface area contributed by atoms with Crippen molar-refractivity contribution in [2.45, 2.75) is 57.2 Å². The Morgan fingerprint density at radius 2 is 1.95 bits per heavy atom. The number of hydrogen-bond donors (Lipinski definition) is 2. The number of amides is 3. The maximum Gasteiger partial charge on any atom is 0.243 e. The standard InChI is InChI=1S/C30H37N5O5/c1-39-23-6-4-20(5-7-23)14-21-15-26(29(37)33-18-24-16-22-17-32-11-10-27(22)40-24)35(19-21)30(38)25(31)8-9-28(36)34-12-2-3-13-34/h4-7,10-11,16-17,21,25-26H,2-3,8-9,12-15,18-19,31H2,1H3,(H,33,37). The lowest BCUT2D eigenvalue weighted by atomic mass is 9.96. The Labute approximate surface area is 233 Å². The fraction of sp³-hybridized carbons (Fsp3) is 0.467. The smallest absolute Gasteiger partial charge is 0.243 e. The van der Waals surface area contributed by atoms with Crippen molar-refractivity contribution < 1.29 is 23.5 Å². The van der Waals surface area contributed by atoms with Crippen LogP contribution >= 0.6 is 0 Å². The molecule has 2 aliphatic rings. The van der Waals surface area contributed by atoms with Crippen molar-refractivity contribution in [2.75, 3.05) is 26.7 Å². The molecule has 4 heterocycles. The van der Waals surface area contributed by atoms with E-state index in [1.54, 1.807) is 30.5 Å². The Morgan fingerprint density at radius 3 is 2.67 bits per heavy atom. The molecule has 2 aliphatic heterocycles. The van der Waals surface area contributed by atoms with Crippen molar-refractivity contribution in [3.63, 3.8) is 0 Å². The molecule has 3 atom stereocenters. The summed E-state index contributed by atoms with van der Waals surface area (Å²) in [6.45, 7) is 2.16. The third-order valence-corrected chi connectivity index (χ3v) is 7.91. The van der Waals surface area contributed by atoms with Crippen LogP contribution in [-0.2, 0) is 27.3 Å². The second-order valence-electron chi connectivity index (χ2n) is 10.7. The molecule has 0 aliphatic carbocycles. The minimum Gasteiger partial charge on any atom is -0.497 e. The molecule has 1 aromatic carbocycles. The summed E-state index contributed by atoms with van der Waals surface area (Å²) in [5.41, 5.74) is 8.12. The average Bonchev–Trinajstić information content (AvgIpc) is 3.74. The van der Waals surface area contributed by atoms with Gasteiger partial charge < -0.3 is 30.0 Å². The van der Waals surface area contributed by atoms with Crippen LogP contribution in [0.1, 0.15) is 43.4 Å². The SMILES string of the molecule is COc1ccc(CC2CC(C(=O)NCc3cc4cnccc4o3)N(C(=O)C(N)CCC(=O)N3CCCC3)C2)cc1. The second-order valence-corrected chi connectivity index (χ2v) is 10.7. The fourth-order valence-corrected chi connectivity index (χ4v) is 5.72. The third-order valence-electron chi connectivity index (χ3n) is 7.91. The van der Waals surface area contributed by atoms with E-state index in [9.17, 15) is 14.4 Å². The summed E-state index contributed by atoms with van der Waals surface area (Å²) in [7, 11) is 1.63. The monoisotopic (exact) mass is 547 g/mol. The normalized spacial score (nSPS) is 19.6. The van der Waals surface area contributed by atoms with Gasteiger partial charge in [0.1, 0.15) is 23.1 Å². The Hall–Kier alpha value is -3.92. The number of hydrogen-bond acceptors (Lipinski definition) is 7. The summed E-state index contributed by atoms with van der Waals surface area (Å²) in [6.07, 6.45) is 7.12. The van der Waals surface area contributed by atoms with Gasteiger partial charge in [0.05, 0.1) is 19.7 Å². The van der Waals surface area contributed by atoms with Crippen molar-refractivity contribution in [3.05, 3.63) is 60.1 Å². The lowest BCUT2D eigenvalue weighted by molar-refractivity contribution is -0.140. The molecule has 3 N–H and O–H groups in total. The summed E-state index contributed by atoms with van der Waals surface area (Å²) in [6, 6.07) is 9.96. The predicted octanol–water partition coefficient (Wildman–Crippen LogP) is 2.64. The van der Waals surface area contributed by atoms with Crippen LogP contribution in [-0.4, -0.2) is 71.3 Å². The van der Waals surface area contributed by atoms with Crippen LogP contribution in [0.4, 0.5) is 0 Å². The number of carbonyl (C=O) groups is 3. The van der Waals surface area contributed by atoms with Crippen molar-refractivity contribution in [1.29, 1.82) is 0 Å². The summed E-state index contributed by atoms with van der Waals surface area (Å²) in [5.74, 6) is 0.976. The van der Waals surface area contributed by atoms with Crippen molar-refractivity contribution in [1.82, 2.24) is 20.1 Å². The van der Waals surface area contributed by atoms with E-state index in [0.717, 1.165) is 49.1 Å². The lowest BCUT2D eigenvalue weighted by Crippen LogP contribution is -2.51. The molecule has 0 saturated carbocycles. The summed E-state index contributed by atoms with van der Waals surface area (Å²) >= 11 is 0. The zero-order chi connectivity index (χ0) is 28.1. The Bertz CT molecular complexity index is 1300. The van der Waals surface area contributed by atoms with Crippen LogP contribution in [0.15, 0.2) is 53.2 Å². The zero-order valence-electron chi connectivity index (χ0n) is 22.9. The van der Waals surface area contributed by atoms with E-state index >= 15 is 0 Å². The second kappa shape index (κ2) is 12.5. The number of rotatable bonds is 10. The van der Waals surface area contributed by atoms with Crippen LogP contribution in [0, 0.1) is 5.92 Å². The summed E-state index contributed by atoms with van der Waals surface area (Å²) in [5, 5.41) is 3.81. The number of nitrogens with two attached hydrogens (primary N) is 1. The number of nitrogens with zero attached hydrogens (tertiary/aromatic N) is 3. The van der Waals surface area contributed by atoms with Crippen molar-refractivity contribution in [3.8, 4) is 5.75 Å². The topological polar surface area (TPSA) is 131 Å². The molecule has 212 valence electrons. The molecule has 3 aromatic rings. The minimum absolute atomic E-state index is 0.0369. The number of aromatic nitrogens is 1. The molecular weight excluding hydrogens is 510 g/mol. The van der Waals surface area contributed by atoms with Crippen LogP contribution in [0.3, 0.4) is 0 Å². The van der Waals surface area contributed by atoms with E-state index in [4.69, 9.17) is 14.9 Å². The van der Waals surface area contributed by atoms with E-state index < -0.39 is 12.1 Å². The highest BCUT2D eigenvalue weighted by molar-refractivity contribution is 5.90. The molecule has 10 nitrogen and oxygen atoms in total. The van der Waals surface area contributed by atoms with Gasteiger partial charge in [-0.2, -0.15) is 0 Å². The van der Waals surface area contributed by atoms with Gasteiger partial charge in [-0.1, -0.05) is 12.1 Å². The highest BCUT2D eigenvalue weighted by Gasteiger charge is 2.41. The van der Waals surface area contributed by atoms with Gasteiger partial charge in [-0.15, -0.1) is 0 Å². The third kappa shape index (κ3) is 6.44. The van der Waals surface area contributed by atoms with Crippen LogP contribution in [0.5, 0.6) is 5.75 Å². The Kier molecular flexibility index (Phi) is 8.64. The number of nitrogens with one attached hydrogen (secondary N) is 1. The van der Waals surface area contributed by atoms with E-state index in [2.05, 4.69) is 10.3 Å². The van der Waals surface area contributed by atoms with E-state index in [-0.39, 0.29) is 43.0 Å². The average molecular weight is 548 g/mol. The molecule has 5 rings (SSSR count). The largest absolute Gasteiger partial charge is 0.497 e. The maximum absolute atomic E-state index is 13.5. The molecule has 3 amide bonds. The van der Waals surface area contributed by atoms with E-state index in [1.807, 2.05) is 35.2 Å². The number of methoxy groups -OCH3 is 1. The van der Waals surface area contributed by atoms with Gasteiger partial charge in [-0.05, 0) is 67.9 Å².